The van der Waals surface area contributed by atoms with Crippen LogP contribution >= 0.6 is 7.82 Å². The molecule has 0 saturated carbocycles. The summed E-state index contributed by atoms with van der Waals surface area (Å²) in [6.07, 6.45) is 92.3. The molecule has 0 rings (SSSR count). The lowest BCUT2D eigenvalue weighted by molar-refractivity contribution is -0.870. The number of rotatable bonds is 66. The molecule has 0 N–H and O–H groups in total. The van der Waals surface area contributed by atoms with Crippen LogP contribution in [0.25, 0.3) is 0 Å². The highest BCUT2D eigenvalue weighted by molar-refractivity contribution is 7.45. The van der Waals surface area contributed by atoms with E-state index in [2.05, 4.69) is 111 Å². The first-order valence-electron chi connectivity index (χ1n) is 35.9. The average Bonchev–Trinajstić information content (AvgIpc) is 3.67. The van der Waals surface area contributed by atoms with Gasteiger partial charge in [0.25, 0.3) is 7.82 Å². The Morgan fingerprint density at radius 3 is 0.988 bits per heavy atom. The van der Waals surface area contributed by atoms with E-state index in [0.717, 1.165) is 96.3 Å². The van der Waals surface area contributed by atoms with Crippen molar-refractivity contribution in [2.75, 3.05) is 47.5 Å². The zero-order chi connectivity index (χ0) is 62.6. The Morgan fingerprint density at radius 1 is 0.372 bits per heavy atom. The molecule has 0 saturated heterocycles. The van der Waals surface area contributed by atoms with Crippen LogP contribution in [0.4, 0.5) is 0 Å². The molecule has 0 aliphatic rings. The molecule has 2 atom stereocenters. The van der Waals surface area contributed by atoms with Gasteiger partial charge in [-0.05, 0) is 96.3 Å². The van der Waals surface area contributed by atoms with Crippen molar-refractivity contribution >= 4 is 19.8 Å². The van der Waals surface area contributed by atoms with Crippen LogP contribution in [-0.4, -0.2) is 70.0 Å². The number of esters is 2. The largest absolute Gasteiger partial charge is 0.756 e. The lowest BCUT2D eigenvalue weighted by atomic mass is 10.0. The second-order valence-electron chi connectivity index (χ2n) is 25.2. The number of likely N-dealkylation sites (N-methyl/N-ethyl adjacent to an activating group) is 1. The molecule has 0 aliphatic heterocycles. The van der Waals surface area contributed by atoms with Crippen LogP contribution in [0.1, 0.15) is 322 Å². The summed E-state index contributed by atoms with van der Waals surface area (Å²) in [5.41, 5.74) is 0. The molecule has 0 aliphatic carbocycles. The van der Waals surface area contributed by atoms with E-state index in [4.69, 9.17) is 18.5 Å². The number of ether oxygens (including phenoxy) is 2. The van der Waals surface area contributed by atoms with Gasteiger partial charge in [-0.2, -0.15) is 0 Å². The molecular weight excluding hydrogens is 1090 g/mol. The number of unbranched alkanes of at least 4 members (excludes halogenated alkanes) is 36. The van der Waals surface area contributed by atoms with Gasteiger partial charge in [-0.15, -0.1) is 0 Å². The summed E-state index contributed by atoms with van der Waals surface area (Å²) in [6, 6.07) is 0. The van der Waals surface area contributed by atoms with E-state index in [-0.39, 0.29) is 32.0 Å². The number of phosphoric acid groups is 1. The molecule has 0 spiro atoms. The first-order valence-corrected chi connectivity index (χ1v) is 37.4. The van der Waals surface area contributed by atoms with E-state index in [1.165, 1.54) is 193 Å². The fourth-order valence-corrected chi connectivity index (χ4v) is 10.8. The van der Waals surface area contributed by atoms with Gasteiger partial charge in [0.2, 0.25) is 0 Å². The molecule has 0 aromatic carbocycles. The van der Waals surface area contributed by atoms with Crippen molar-refractivity contribution in [3.05, 3.63) is 97.2 Å². The minimum atomic E-state index is -4.65. The van der Waals surface area contributed by atoms with Gasteiger partial charge in [0.1, 0.15) is 19.8 Å². The highest BCUT2D eigenvalue weighted by Gasteiger charge is 2.22. The second kappa shape index (κ2) is 66.4. The maximum absolute atomic E-state index is 12.8. The molecule has 0 fully saturated rings. The van der Waals surface area contributed by atoms with Gasteiger partial charge in [-0.3, -0.25) is 14.2 Å². The van der Waals surface area contributed by atoms with Gasteiger partial charge in [0.05, 0.1) is 27.7 Å². The van der Waals surface area contributed by atoms with E-state index in [0.29, 0.717) is 17.4 Å². The zero-order valence-corrected chi connectivity index (χ0v) is 57.6. The van der Waals surface area contributed by atoms with Gasteiger partial charge in [-0.1, -0.05) is 310 Å². The molecule has 9 nitrogen and oxygen atoms in total. The predicted molar refractivity (Wildman–Crippen MR) is 369 cm³/mol. The molecule has 10 heteroatoms. The van der Waals surface area contributed by atoms with E-state index >= 15 is 0 Å². The highest BCUT2D eigenvalue weighted by atomic mass is 31.2. The number of carbonyl (C=O) groups is 2. The molecule has 86 heavy (non-hydrogen) atoms. The SMILES string of the molecule is CC/C=C\C/C=C\C/C=C\C/C=C\C/C=C\CCCCCCCC(=O)OC(COC(=O)CCCCCCCCCCCCCCCCCCCCCCCCCCCC/C=C\C/C=C\C/C=C\CCCCCCC)COP(=O)([O-])OCC[N+](C)(C)C. The number of quaternary nitrogens is 1. The monoisotopic (exact) mass is 1220 g/mol. The van der Waals surface area contributed by atoms with Crippen LogP contribution < -0.4 is 4.89 Å². The number of carbonyl (C=O) groups excluding carboxylic acids is 2. The first-order chi connectivity index (χ1) is 42.0. The Balaban J connectivity index is 3.93. The normalized spacial score (nSPS) is 13.7. The number of hydrogen-bond donors (Lipinski definition) is 0. The lowest BCUT2D eigenvalue weighted by Crippen LogP contribution is -2.37. The Morgan fingerprint density at radius 2 is 0.663 bits per heavy atom. The van der Waals surface area contributed by atoms with Gasteiger partial charge in [0.15, 0.2) is 6.10 Å². The number of hydrogen-bond acceptors (Lipinski definition) is 8. The molecule has 0 aromatic rings. The Bertz CT molecular complexity index is 1770. The number of nitrogens with zero attached hydrogens (tertiary/aromatic N) is 1. The van der Waals surface area contributed by atoms with Crippen molar-refractivity contribution < 1.29 is 42.1 Å². The minimum Gasteiger partial charge on any atom is -0.756 e. The quantitative estimate of drug-likeness (QED) is 0.0195. The highest BCUT2D eigenvalue weighted by Crippen LogP contribution is 2.38. The predicted octanol–water partition coefficient (Wildman–Crippen LogP) is 22.9. The standard InChI is InChI=1S/C76H136NO8P/c1-6-8-10-12-14-16-18-20-22-24-26-28-29-30-31-32-33-34-35-36-37-38-39-40-41-42-43-44-45-46-47-49-50-52-54-56-58-60-62-64-66-68-75(78)82-72-74(73-84-86(80,81)83-71-70-77(3,4)5)85-76(79)69-67-65-63-61-59-57-55-53-51-48-27-25-23-21-19-17-15-13-11-9-7-2/h9,11,15,17-18,20-21,23-24,26-27,29-30,48,53,55,74H,6-8,10,12-14,16,19,22,25,28,31-47,49-52,54,56-73H2,1-5H3/b11-9-,17-15-,20-18-,23-21-,26-24-,30-29-,48-27-,55-53-. The first kappa shape index (κ1) is 82.9. The topological polar surface area (TPSA) is 111 Å². The molecule has 0 amide bonds. The number of allylic oxidation sites excluding steroid dienone is 16. The summed E-state index contributed by atoms with van der Waals surface area (Å²) in [7, 11) is 1.15. The molecule has 2 unspecified atom stereocenters. The van der Waals surface area contributed by atoms with Gasteiger partial charge in [0, 0.05) is 12.8 Å². The van der Waals surface area contributed by atoms with Crippen molar-refractivity contribution in [2.45, 2.75) is 328 Å². The summed E-state index contributed by atoms with van der Waals surface area (Å²) in [5.74, 6) is -0.848. The Labute approximate surface area is 532 Å². The molecule has 0 aromatic heterocycles. The molecular formula is C76H136NO8P. The van der Waals surface area contributed by atoms with E-state index in [1.807, 2.05) is 21.1 Å². The summed E-state index contributed by atoms with van der Waals surface area (Å²) in [5, 5.41) is 0. The van der Waals surface area contributed by atoms with Crippen LogP contribution in [0.3, 0.4) is 0 Å². The van der Waals surface area contributed by atoms with Crippen molar-refractivity contribution in [1.29, 1.82) is 0 Å². The third kappa shape index (κ3) is 70.0. The minimum absolute atomic E-state index is 0.0376. The van der Waals surface area contributed by atoms with E-state index in [9.17, 15) is 19.0 Å². The van der Waals surface area contributed by atoms with Crippen molar-refractivity contribution in [3.8, 4) is 0 Å². The maximum Gasteiger partial charge on any atom is 0.306 e. The summed E-state index contributed by atoms with van der Waals surface area (Å²) in [4.78, 5) is 38.0. The van der Waals surface area contributed by atoms with Crippen LogP contribution in [0.15, 0.2) is 97.2 Å². The maximum atomic E-state index is 12.8. The van der Waals surface area contributed by atoms with Gasteiger partial charge in [-0.25, -0.2) is 0 Å². The summed E-state index contributed by atoms with van der Waals surface area (Å²) in [6.45, 7) is 4.11. The molecule has 0 bridgehead atoms. The summed E-state index contributed by atoms with van der Waals surface area (Å²) < 4.78 is 34.3. The molecule has 498 valence electrons. The fraction of sp³-hybridized carbons (Fsp3) is 0.763. The Kier molecular flexibility index (Phi) is 64.0. The number of phosphoric ester groups is 1. The van der Waals surface area contributed by atoms with Crippen molar-refractivity contribution in [1.82, 2.24) is 0 Å². The van der Waals surface area contributed by atoms with Crippen molar-refractivity contribution in [2.24, 2.45) is 0 Å². The molecule has 0 radical (unpaired) electrons. The fourth-order valence-electron chi connectivity index (χ4n) is 10.1. The van der Waals surface area contributed by atoms with E-state index < -0.39 is 26.5 Å². The van der Waals surface area contributed by atoms with Gasteiger partial charge < -0.3 is 27.9 Å². The third-order valence-electron chi connectivity index (χ3n) is 15.6. The summed E-state index contributed by atoms with van der Waals surface area (Å²) >= 11 is 0. The molecule has 0 heterocycles. The smallest absolute Gasteiger partial charge is 0.306 e. The van der Waals surface area contributed by atoms with Crippen LogP contribution in [0.2, 0.25) is 0 Å². The second-order valence-corrected chi connectivity index (χ2v) is 26.6. The van der Waals surface area contributed by atoms with Crippen LogP contribution in [0, 0.1) is 0 Å². The van der Waals surface area contributed by atoms with Crippen LogP contribution in [0.5, 0.6) is 0 Å². The van der Waals surface area contributed by atoms with Crippen LogP contribution in [-0.2, 0) is 32.7 Å². The third-order valence-corrected chi connectivity index (χ3v) is 16.6. The van der Waals surface area contributed by atoms with Crippen molar-refractivity contribution in [3.63, 3.8) is 0 Å². The average molecular weight is 1220 g/mol. The van der Waals surface area contributed by atoms with E-state index in [1.54, 1.807) is 0 Å². The zero-order valence-electron chi connectivity index (χ0n) is 56.7. The Hall–Kier alpha value is -3.07. The van der Waals surface area contributed by atoms with Gasteiger partial charge >= 0.3 is 11.9 Å². The lowest BCUT2D eigenvalue weighted by Gasteiger charge is -2.28.